The summed E-state index contributed by atoms with van der Waals surface area (Å²) in [5.74, 6) is 0. The third-order valence-corrected chi connectivity index (χ3v) is 4.28. The van der Waals surface area contributed by atoms with Gasteiger partial charge in [-0.15, -0.1) is 0 Å². The molecule has 2 aromatic carbocycles. The highest BCUT2D eigenvalue weighted by molar-refractivity contribution is 5.74. The van der Waals surface area contributed by atoms with Crippen LogP contribution in [0.15, 0.2) is 73.1 Å². The molecule has 3 aromatic rings. The molecule has 1 aromatic heterocycles. The number of benzene rings is 2. The average molecular weight is 334 g/mol. The first-order chi connectivity index (χ1) is 12.1. The highest BCUT2D eigenvalue weighted by Crippen LogP contribution is 2.18. The number of nitrogens with zero attached hydrogens (tertiary/aromatic N) is 3. The Bertz CT molecular complexity index is 814. The Kier molecular flexibility index (Phi) is 5.14. The summed E-state index contributed by atoms with van der Waals surface area (Å²) in [5, 5.41) is 7.29. The van der Waals surface area contributed by atoms with E-state index in [1.54, 1.807) is 22.8 Å². The van der Waals surface area contributed by atoms with Gasteiger partial charge in [0.1, 0.15) is 0 Å². The number of carbonyl (C=O) groups is 1. The minimum Gasteiger partial charge on any atom is -0.334 e. The molecule has 0 saturated carbocycles. The van der Waals surface area contributed by atoms with Crippen LogP contribution in [-0.4, -0.2) is 27.8 Å². The van der Waals surface area contributed by atoms with Crippen LogP contribution in [0, 0.1) is 0 Å². The van der Waals surface area contributed by atoms with Crippen molar-refractivity contribution in [2.24, 2.45) is 0 Å². The van der Waals surface area contributed by atoms with Gasteiger partial charge in [0, 0.05) is 25.4 Å². The molecule has 0 fully saturated rings. The number of aromatic nitrogens is 2. The van der Waals surface area contributed by atoms with Crippen LogP contribution >= 0.6 is 0 Å². The normalized spacial score (nSPS) is 11.8. The second-order valence-electron chi connectivity index (χ2n) is 5.98. The zero-order valence-corrected chi connectivity index (χ0v) is 14.5. The molecule has 0 bridgehead atoms. The fourth-order valence-corrected chi connectivity index (χ4v) is 2.61. The molecule has 128 valence electrons. The van der Waals surface area contributed by atoms with Crippen molar-refractivity contribution in [2.45, 2.75) is 19.5 Å². The van der Waals surface area contributed by atoms with Gasteiger partial charge >= 0.3 is 6.03 Å². The Morgan fingerprint density at radius 2 is 1.76 bits per heavy atom. The smallest absolute Gasteiger partial charge is 0.317 e. The van der Waals surface area contributed by atoms with E-state index in [-0.39, 0.29) is 12.1 Å². The number of amides is 2. The largest absolute Gasteiger partial charge is 0.334 e. The van der Waals surface area contributed by atoms with Crippen molar-refractivity contribution in [3.63, 3.8) is 0 Å². The highest BCUT2D eigenvalue weighted by Gasteiger charge is 2.16. The second kappa shape index (κ2) is 7.66. The van der Waals surface area contributed by atoms with Crippen LogP contribution in [0.25, 0.3) is 5.69 Å². The summed E-state index contributed by atoms with van der Waals surface area (Å²) in [6.07, 6.45) is 3.70. The molecule has 0 spiro atoms. The van der Waals surface area contributed by atoms with Gasteiger partial charge in [-0.1, -0.05) is 48.5 Å². The Hall–Kier alpha value is -3.08. The van der Waals surface area contributed by atoms with Gasteiger partial charge in [-0.05, 0) is 24.6 Å². The Morgan fingerprint density at radius 1 is 1.12 bits per heavy atom. The molecule has 0 aliphatic heterocycles. The number of urea groups is 1. The topological polar surface area (TPSA) is 50.2 Å². The zero-order valence-electron chi connectivity index (χ0n) is 14.5. The van der Waals surface area contributed by atoms with Crippen LogP contribution in [0.1, 0.15) is 24.1 Å². The molecule has 0 aliphatic rings. The van der Waals surface area contributed by atoms with E-state index in [0.29, 0.717) is 6.54 Å². The van der Waals surface area contributed by atoms with Crippen molar-refractivity contribution in [3.05, 3.63) is 84.2 Å². The van der Waals surface area contributed by atoms with Crippen LogP contribution < -0.4 is 5.32 Å². The third-order valence-electron chi connectivity index (χ3n) is 4.28. The second-order valence-corrected chi connectivity index (χ2v) is 5.98. The lowest BCUT2D eigenvalue weighted by Crippen LogP contribution is -2.38. The van der Waals surface area contributed by atoms with Gasteiger partial charge in [0.25, 0.3) is 0 Å². The molecule has 0 aliphatic carbocycles. The number of para-hydroxylation sites is 1. The quantitative estimate of drug-likeness (QED) is 0.772. The monoisotopic (exact) mass is 334 g/mol. The van der Waals surface area contributed by atoms with Crippen molar-refractivity contribution in [1.82, 2.24) is 20.0 Å². The van der Waals surface area contributed by atoms with Crippen LogP contribution in [0.3, 0.4) is 0 Å². The van der Waals surface area contributed by atoms with Crippen molar-refractivity contribution < 1.29 is 4.79 Å². The molecule has 5 nitrogen and oxygen atoms in total. The summed E-state index contributed by atoms with van der Waals surface area (Å²) in [6.45, 7) is 2.46. The van der Waals surface area contributed by atoms with Gasteiger partial charge in [-0.3, -0.25) is 0 Å². The Labute approximate surface area is 147 Å². The minimum absolute atomic E-state index is 0.00763. The number of nitrogens with one attached hydrogen (secondary N) is 1. The molecule has 2 amide bonds. The molecule has 0 saturated heterocycles. The summed E-state index contributed by atoms with van der Waals surface area (Å²) in [5.41, 5.74) is 3.06. The summed E-state index contributed by atoms with van der Waals surface area (Å²) in [4.78, 5) is 14.1. The third kappa shape index (κ3) is 4.07. The summed E-state index contributed by atoms with van der Waals surface area (Å²) < 4.78 is 1.80. The zero-order chi connectivity index (χ0) is 17.6. The van der Waals surface area contributed by atoms with E-state index in [1.807, 2.05) is 73.8 Å². The average Bonchev–Trinajstić information content (AvgIpc) is 3.15. The molecule has 25 heavy (non-hydrogen) atoms. The van der Waals surface area contributed by atoms with Gasteiger partial charge < -0.3 is 10.2 Å². The first-order valence-electron chi connectivity index (χ1n) is 8.29. The number of rotatable bonds is 5. The molecular formula is C20H22N4O. The lowest BCUT2D eigenvalue weighted by Gasteiger charge is -2.25. The summed E-state index contributed by atoms with van der Waals surface area (Å²) in [7, 11) is 1.81. The van der Waals surface area contributed by atoms with Gasteiger partial charge in [-0.2, -0.15) is 5.10 Å². The molecule has 1 atom stereocenters. The SMILES string of the molecule is CC(c1ccccc1)N(C)C(=O)NCc1cnn(-c2ccccc2)c1. The summed E-state index contributed by atoms with van der Waals surface area (Å²) >= 11 is 0. The molecule has 1 N–H and O–H groups in total. The lowest BCUT2D eigenvalue weighted by atomic mass is 10.1. The van der Waals surface area contributed by atoms with Crippen LogP contribution in [-0.2, 0) is 6.54 Å². The highest BCUT2D eigenvalue weighted by atomic mass is 16.2. The van der Waals surface area contributed by atoms with Crippen molar-refractivity contribution in [1.29, 1.82) is 0 Å². The van der Waals surface area contributed by atoms with Crippen molar-refractivity contribution in [2.75, 3.05) is 7.05 Å². The first kappa shape index (κ1) is 16.8. The van der Waals surface area contributed by atoms with Crippen LogP contribution in [0.2, 0.25) is 0 Å². The van der Waals surface area contributed by atoms with E-state index in [0.717, 1.165) is 16.8 Å². The van der Waals surface area contributed by atoms with E-state index >= 15 is 0 Å². The van der Waals surface area contributed by atoms with E-state index in [1.165, 1.54) is 0 Å². The van der Waals surface area contributed by atoms with E-state index in [4.69, 9.17) is 0 Å². The van der Waals surface area contributed by atoms with E-state index in [9.17, 15) is 4.79 Å². The number of hydrogen-bond donors (Lipinski definition) is 1. The lowest BCUT2D eigenvalue weighted by molar-refractivity contribution is 0.194. The van der Waals surface area contributed by atoms with Crippen molar-refractivity contribution >= 4 is 6.03 Å². The van der Waals surface area contributed by atoms with Gasteiger partial charge in [0.15, 0.2) is 0 Å². The standard InChI is InChI=1S/C20H22N4O/c1-16(18-9-5-3-6-10-18)23(2)20(25)21-13-17-14-22-24(15-17)19-11-7-4-8-12-19/h3-12,14-16H,13H2,1-2H3,(H,21,25). The van der Waals surface area contributed by atoms with Crippen LogP contribution in [0.5, 0.6) is 0 Å². The fourth-order valence-electron chi connectivity index (χ4n) is 2.61. The molecular weight excluding hydrogens is 312 g/mol. The van der Waals surface area contributed by atoms with Gasteiger partial charge in [0.2, 0.25) is 0 Å². The fraction of sp³-hybridized carbons (Fsp3) is 0.200. The maximum atomic E-state index is 12.4. The maximum absolute atomic E-state index is 12.4. The number of carbonyl (C=O) groups excluding carboxylic acids is 1. The van der Waals surface area contributed by atoms with E-state index < -0.39 is 0 Å². The Morgan fingerprint density at radius 3 is 2.44 bits per heavy atom. The molecule has 3 rings (SSSR count). The first-order valence-corrected chi connectivity index (χ1v) is 8.29. The molecule has 1 heterocycles. The molecule has 0 radical (unpaired) electrons. The van der Waals surface area contributed by atoms with Gasteiger partial charge in [-0.25, -0.2) is 9.48 Å². The van der Waals surface area contributed by atoms with Crippen LogP contribution in [0.4, 0.5) is 4.79 Å². The molecule has 1 unspecified atom stereocenters. The number of hydrogen-bond acceptors (Lipinski definition) is 2. The van der Waals surface area contributed by atoms with Crippen molar-refractivity contribution in [3.8, 4) is 5.69 Å². The molecule has 5 heteroatoms. The predicted octanol–water partition coefficient (Wildman–Crippen LogP) is 3.77. The Balaban J connectivity index is 1.58. The van der Waals surface area contributed by atoms with E-state index in [2.05, 4.69) is 10.4 Å². The predicted molar refractivity (Wildman–Crippen MR) is 98.4 cm³/mol. The summed E-state index contributed by atoms with van der Waals surface area (Å²) in [6, 6.07) is 19.8. The maximum Gasteiger partial charge on any atom is 0.317 e. The van der Waals surface area contributed by atoms with Gasteiger partial charge in [0.05, 0.1) is 17.9 Å². The minimum atomic E-state index is -0.108.